The molecular formula is C20H30O3. The fourth-order valence-corrected chi connectivity index (χ4v) is 3.42. The summed E-state index contributed by atoms with van der Waals surface area (Å²) in [7, 11) is 0. The van der Waals surface area contributed by atoms with Gasteiger partial charge >= 0.3 is 5.97 Å². The van der Waals surface area contributed by atoms with Crippen LogP contribution in [0.15, 0.2) is 35.5 Å². The zero-order valence-corrected chi connectivity index (χ0v) is 14.7. The third-order valence-electron chi connectivity index (χ3n) is 5.26. The predicted octanol–water partition coefficient (Wildman–Crippen LogP) is 4.47. The average molecular weight is 318 g/mol. The van der Waals surface area contributed by atoms with E-state index in [9.17, 15) is 9.90 Å². The van der Waals surface area contributed by atoms with Crippen molar-refractivity contribution in [3.63, 3.8) is 0 Å². The van der Waals surface area contributed by atoms with Gasteiger partial charge in [0.1, 0.15) is 6.10 Å². The van der Waals surface area contributed by atoms with E-state index in [2.05, 4.69) is 32.6 Å². The number of fused-ring (bicyclic) bond motifs is 2. The second-order valence-electron chi connectivity index (χ2n) is 7.43. The van der Waals surface area contributed by atoms with E-state index in [1.54, 1.807) is 6.92 Å². The summed E-state index contributed by atoms with van der Waals surface area (Å²) in [5.74, 6) is -0.233. The van der Waals surface area contributed by atoms with Crippen LogP contribution in [0.1, 0.15) is 65.7 Å². The standard InChI is InChI=1S/C20H30O3/c1-14-7-5-8-15(2)10-11-17-13-18(23-19(21)16(17)3)20(4,22)12-6-9-14/h8-9,17-18,22H,3,5-7,10-13H2,1-2,4H3/b14-9+,15-8+/t17-,18+,20+/m0/s1. The highest BCUT2D eigenvalue weighted by Gasteiger charge is 2.41. The van der Waals surface area contributed by atoms with Crippen LogP contribution in [-0.2, 0) is 9.53 Å². The molecular weight excluding hydrogens is 288 g/mol. The Bertz CT molecular complexity index is 525. The molecule has 23 heavy (non-hydrogen) atoms. The van der Waals surface area contributed by atoms with Gasteiger partial charge in [-0.15, -0.1) is 0 Å². The molecule has 1 fully saturated rings. The van der Waals surface area contributed by atoms with Gasteiger partial charge in [-0.1, -0.05) is 29.9 Å². The van der Waals surface area contributed by atoms with Gasteiger partial charge in [-0.05, 0) is 71.6 Å². The first kappa shape index (κ1) is 18.0. The highest BCUT2D eigenvalue weighted by atomic mass is 16.6. The molecule has 1 heterocycles. The van der Waals surface area contributed by atoms with Gasteiger partial charge in [-0.2, -0.15) is 0 Å². The molecule has 0 aromatic heterocycles. The van der Waals surface area contributed by atoms with Crippen LogP contribution in [0.25, 0.3) is 0 Å². The average Bonchev–Trinajstić information content (AvgIpc) is 2.47. The van der Waals surface area contributed by atoms with E-state index < -0.39 is 11.7 Å². The van der Waals surface area contributed by atoms with Crippen molar-refractivity contribution in [2.75, 3.05) is 0 Å². The number of aliphatic hydroxyl groups is 1. The summed E-state index contributed by atoms with van der Waals surface area (Å²) in [5, 5.41) is 10.8. The van der Waals surface area contributed by atoms with Gasteiger partial charge < -0.3 is 9.84 Å². The summed E-state index contributed by atoms with van der Waals surface area (Å²) in [6.45, 7) is 10.0. The van der Waals surface area contributed by atoms with E-state index in [0.717, 1.165) is 32.1 Å². The molecule has 0 aromatic rings. The maximum absolute atomic E-state index is 12.1. The van der Waals surface area contributed by atoms with Gasteiger partial charge in [0.05, 0.1) is 5.60 Å². The predicted molar refractivity (Wildman–Crippen MR) is 93.0 cm³/mol. The van der Waals surface area contributed by atoms with Crippen LogP contribution < -0.4 is 0 Å². The highest BCUT2D eigenvalue weighted by Crippen LogP contribution is 2.36. The third kappa shape index (κ3) is 4.81. The largest absolute Gasteiger partial charge is 0.456 e. The second kappa shape index (κ2) is 7.48. The molecule has 0 saturated carbocycles. The molecule has 0 unspecified atom stereocenters. The first-order chi connectivity index (χ1) is 10.8. The van der Waals surface area contributed by atoms with Crippen molar-refractivity contribution >= 4 is 5.97 Å². The molecule has 2 bridgehead atoms. The van der Waals surface area contributed by atoms with E-state index in [-0.39, 0.29) is 11.9 Å². The molecule has 1 N–H and O–H groups in total. The van der Waals surface area contributed by atoms with E-state index >= 15 is 0 Å². The number of hydrogen-bond donors (Lipinski definition) is 1. The van der Waals surface area contributed by atoms with Crippen molar-refractivity contribution in [3.05, 3.63) is 35.5 Å². The molecule has 1 aliphatic heterocycles. The highest BCUT2D eigenvalue weighted by molar-refractivity contribution is 5.89. The van der Waals surface area contributed by atoms with Crippen molar-refractivity contribution in [1.82, 2.24) is 0 Å². The monoisotopic (exact) mass is 318 g/mol. The van der Waals surface area contributed by atoms with E-state index in [0.29, 0.717) is 18.4 Å². The lowest BCUT2D eigenvalue weighted by Gasteiger charge is -2.38. The lowest BCUT2D eigenvalue weighted by atomic mass is 9.79. The van der Waals surface area contributed by atoms with Crippen LogP contribution in [0.4, 0.5) is 0 Å². The van der Waals surface area contributed by atoms with Gasteiger partial charge in [0.25, 0.3) is 0 Å². The van der Waals surface area contributed by atoms with Crippen LogP contribution in [0.2, 0.25) is 0 Å². The first-order valence-corrected chi connectivity index (χ1v) is 8.73. The number of hydrogen-bond acceptors (Lipinski definition) is 3. The van der Waals surface area contributed by atoms with Crippen molar-refractivity contribution < 1.29 is 14.6 Å². The maximum atomic E-state index is 12.1. The summed E-state index contributed by atoms with van der Waals surface area (Å²) in [5.41, 5.74) is 2.30. The summed E-state index contributed by atoms with van der Waals surface area (Å²) in [6, 6.07) is 0. The van der Waals surface area contributed by atoms with Gasteiger partial charge in [0.2, 0.25) is 0 Å². The molecule has 2 rings (SSSR count). The Morgan fingerprint density at radius 2 is 1.87 bits per heavy atom. The Morgan fingerprint density at radius 3 is 2.61 bits per heavy atom. The third-order valence-corrected chi connectivity index (χ3v) is 5.26. The normalized spacial score (nSPS) is 38.6. The Morgan fingerprint density at radius 1 is 1.22 bits per heavy atom. The Kier molecular flexibility index (Phi) is 5.85. The van der Waals surface area contributed by atoms with Gasteiger partial charge in [0, 0.05) is 5.57 Å². The van der Waals surface area contributed by atoms with Crippen molar-refractivity contribution in [2.45, 2.75) is 77.4 Å². The second-order valence-corrected chi connectivity index (χ2v) is 7.43. The summed E-state index contributed by atoms with van der Waals surface area (Å²) in [4.78, 5) is 12.1. The number of esters is 1. The molecule has 3 nitrogen and oxygen atoms in total. The fraction of sp³-hybridized carbons (Fsp3) is 0.650. The smallest absolute Gasteiger partial charge is 0.334 e. The van der Waals surface area contributed by atoms with Gasteiger partial charge in [-0.3, -0.25) is 0 Å². The molecule has 2 aliphatic rings. The first-order valence-electron chi connectivity index (χ1n) is 8.73. The minimum absolute atomic E-state index is 0.108. The number of carbonyl (C=O) groups excluding carboxylic acids is 1. The SMILES string of the molecule is C=C1C(=O)O[C@@H]2C[C@@H]1CC/C(C)=C/CC/C(C)=C/CC[C@@]2(C)O. The number of rotatable bonds is 0. The molecule has 3 atom stereocenters. The molecule has 0 radical (unpaired) electrons. The number of ether oxygens (including phenoxy) is 1. The lowest BCUT2D eigenvalue weighted by Crippen LogP contribution is -2.47. The minimum Gasteiger partial charge on any atom is -0.456 e. The van der Waals surface area contributed by atoms with Crippen LogP contribution in [-0.4, -0.2) is 22.8 Å². The Hall–Kier alpha value is -1.35. The van der Waals surface area contributed by atoms with E-state index in [1.165, 1.54) is 11.1 Å². The minimum atomic E-state index is -0.986. The summed E-state index contributed by atoms with van der Waals surface area (Å²) in [6.07, 6.45) is 10.1. The molecule has 0 spiro atoms. The molecule has 1 aliphatic carbocycles. The van der Waals surface area contributed by atoms with Gasteiger partial charge in [-0.25, -0.2) is 4.79 Å². The van der Waals surface area contributed by atoms with Gasteiger partial charge in [0.15, 0.2) is 0 Å². The molecule has 128 valence electrons. The topological polar surface area (TPSA) is 46.5 Å². The lowest BCUT2D eigenvalue weighted by molar-refractivity contribution is -0.168. The number of allylic oxidation sites excluding steroid dienone is 4. The zero-order chi connectivity index (χ0) is 17.0. The van der Waals surface area contributed by atoms with Crippen LogP contribution >= 0.6 is 0 Å². The fourth-order valence-electron chi connectivity index (χ4n) is 3.42. The van der Waals surface area contributed by atoms with Crippen molar-refractivity contribution in [1.29, 1.82) is 0 Å². The van der Waals surface area contributed by atoms with Crippen LogP contribution in [0, 0.1) is 5.92 Å². The van der Waals surface area contributed by atoms with Crippen molar-refractivity contribution in [2.24, 2.45) is 5.92 Å². The molecule has 1 saturated heterocycles. The molecule has 0 aromatic carbocycles. The summed E-state index contributed by atoms with van der Waals surface area (Å²) < 4.78 is 5.47. The summed E-state index contributed by atoms with van der Waals surface area (Å²) >= 11 is 0. The molecule has 3 heteroatoms. The van der Waals surface area contributed by atoms with Crippen LogP contribution in [0.5, 0.6) is 0 Å². The molecule has 0 amide bonds. The van der Waals surface area contributed by atoms with Crippen molar-refractivity contribution in [3.8, 4) is 0 Å². The number of carbonyl (C=O) groups is 1. The van der Waals surface area contributed by atoms with Crippen LogP contribution in [0.3, 0.4) is 0 Å². The van der Waals surface area contributed by atoms with E-state index in [1.807, 2.05) is 0 Å². The Labute approximate surface area is 140 Å². The van der Waals surface area contributed by atoms with E-state index in [4.69, 9.17) is 4.74 Å². The zero-order valence-electron chi connectivity index (χ0n) is 14.7. The Balaban J connectivity index is 2.21. The maximum Gasteiger partial charge on any atom is 0.334 e. The quantitative estimate of drug-likeness (QED) is 0.407.